The number of halogens is 2. The molecule has 2 heterocycles. The van der Waals surface area contributed by atoms with Crippen molar-refractivity contribution in [2.75, 3.05) is 19.5 Å². The average molecular weight is 485 g/mol. The maximum absolute atomic E-state index is 13.5. The standard InChI is InChI=1S/C25H22F2N2O4S/c1-31-21-4-2-15(28)7-13(21)6-14-11-33-22-5-3-16(8-17(22)25(14)30)32-12-24-29-20-9-18(26)19(27)10-23(20)34-24/h2-5,7-10,14,25,30H,6,11-12,28H2,1H3/t14-,25-/m1/s1. The smallest absolute Gasteiger partial charge is 0.161 e. The lowest BCUT2D eigenvalue weighted by Gasteiger charge is -2.31. The van der Waals surface area contributed by atoms with Crippen LogP contribution in [0.1, 0.15) is 22.2 Å². The van der Waals surface area contributed by atoms with E-state index in [4.69, 9.17) is 19.9 Å². The number of benzene rings is 3. The summed E-state index contributed by atoms with van der Waals surface area (Å²) < 4.78 is 44.6. The van der Waals surface area contributed by atoms with E-state index in [0.717, 1.165) is 17.7 Å². The monoisotopic (exact) mass is 484 g/mol. The van der Waals surface area contributed by atoms with Crippen LogP contribution in [0.3, 0.4) is 0 Å². The molecule has 0 amide bonds. The first-order chi connectivity index (χ1) is 16.4. The lowest BCUT2D eigenvalue weighted by atomic mass is 9.87. The Hall–Kier alpha value is -3.43. The molecule has 0 bridgehead atoms. The second kappa shape index (κ2) is 9.08. The summed E-state index contributed by atoms with van der Waals surface area (Å²) in [6.45, 7) is 0.480. The Bertz CT molecular complexity index is 1320. The molecule has 34 heavy (non-hydrogen) atoms. The number of nitrogens with two attached hydrogens (primary N) is 1. The molecular formula is C25H22F2N2O4S. The van der Waals surface area contributed by atoms with E-state index in [-0.39, 0.29) is 12.5 Å². The number of fused-ring (bicyclic) bond motifs is 2. The number of thiazole rings is 1. The number of aromatic nitrogens is 1. The molecule has 5 rings (SSSR count). The van der Waals surface area contributed by atoms with E-state index in [1.165, 1.54) is 11.3 Å². The van der Waals surface area contributed by atoms with Crippen molar-refractivity contribution in [2.45, 2.75) is 19.1 Å². The van der Waals surface area contributed by atoms with Crippen molar-refractivity contribution in [1.29, 1.82) is 0 Å². The predicted octanol–water partition coefficient (Wildman–Crippen LogP) is 5.03. The highest BCUT2D eigenvalue weighted by molar-refractivity contribution is 7.18. The van der Waals surface area contributed by atoms with Gasteiger partial charge in [0.15, 0.2) is 11.6 Å². The first kappa shape index (κ1) is 22.4. The third-order valence-electron chi connectivity index (χ3n) is 5.82. The Balaban J connectivity index is 1.32. The summed E-state index contributed by atoms with van der Waals surface area (Å²) in [5, 5.41) is 11.7. The topological polar surface area (TPSA) is 86.8 Å². The summed E-state index contributed by atoms with van der Waals surface area (Å²) in [6.07, 6.45) is -0.245. The Morgan fingerprint density at radius 2 is 1.97 bits per heavy atom. The van der Waals surface area contributed by atoms with Crippen LogP contribution in [0.5, 0.6) is 17.2 Å². The van der Waals surface area contributed by atoms with Crippen molar-refractivity contribution in [3.05, 3.63) is 76.3 Å². The summed E-state index contributed by atoms with van der Waals surface area (Å²) in [7, 11) is 1.60. The SMILES string of the molecule is COc1ccc(N)cc1C[C@@H]1COc2ccc(OCc3nc4cc(F)c(F)cc4s3)cc2[C@@H]1O. The minimum atomic E-state index is -0.931. The van der Waals surface area contributed by atoms with Crippen LogP contribution in [0.25, 0.3) is 10.2 Å². The van der Waals surface area contributed by atoms with Crippen molar-refractivity contribution in [2.24, 2.45) is 5.92 Å². The van der Waals surface area contributed by atoms with E-state index in [1.54, 1.807) is 31.4 Å². The summed E-state index contributed by atoms with van der Waals surface area (Å²) >= 11 is 1.24. The van der Waals surface area contributed by atoms with E-state index >= 15 is 0 Å². The van der Waals surface area contributed by atoms with Gasteiger partial charge in [-0.15, -0.1) is 11.3 Å². The van der Waals surface area contributed by atoms with Crippen molar-refractivity contribution in [1.82, 2.24) is 4.98 Å². The molecule has 0 spiro atoms. The van der Waals surface area contributed by atoms with Crippen LogP contribution in [0.4, 0.5) is 14.5 Å². The number of hydrogen-bond acceptors (Lipinski definition) is 7. The van der Waals surface area contributed by atoms with Crippen LogP contribution < -0.4 is 19.9 Å². The van der Waals surface area contributed by atoms with E-state index in [1.807, 2.05) is 12.1 Å². The molecule has 2 atom stereocenters. The molecule has 0 unspecified atom stereocenters. The molecular weight excluding hydrogens is 462 g/mol. The highest BCUT2D eigenvalue weighted by atomic mass is 32.1. The number of nitrogens with zero attached hydrogens (tertiary/aromatic N) is 1. The molecule has 0 saturated carbocycles. The van der Waals surface area contributed by atoms with Crippen LogP contribution in [-0.4, -0.2) is 23.8 Å². The Morgan fingerprint density at radius 3 is 2.79 bits per heavy atom. The van der Waals surface area contributed by atoms with Gasteiger partial charge in [0.25, 0.3) is 0 Å². The number of methoxy groups -OCH3 is 1. The van der Waals surface area contributed by atoms with Gasteiger partial charge in [-0.1, -0.05) is 0 Å². The maximum Gasteiger partial charge on any atom is 0.161 e. The fourth-order valence-corrected chi connectivity index (χ4v) is 5.00. The average Bonchev–Trinajstić information content (AvgIpc) is 3.21. The zero-order valence-corrected chi connectivity index (χ0v) is 19.1. The van der Waals surface area contributed by atoms with E-state index in [2.05, 4.69) is 4.98 Å². The first-order valence-electron chi connectivity index (χ1n) is 10.7. The molecule has 1 aliphatic heterocycles. The number of ether oxygens (including phenoxy) is 3. The molecule has 3 aromatic carbocycles. The number of rotatable bonds is 6. The third-order valence-corrected chi connectivity index (χ3v) is 6.81. The summed E-state index contributed by atoms with van der Waals surface area (Å²) in [5.41, 5.74) is 8.47. The lowest BCUT2D eigenvalue weighted by Crippen LogP contribution is -2.27. The fraction of sp³-hybridized carbons (Fsp3) is 0.240. The minimum absolute atomic E-state index is 0.127. The minimum Gasteiger partial charge on any atom is -0.496 e. The first-order valence-corrected chi connectivity index (χ1v) is 11.5. The highest BCUT2D eigenvalue weighted by Crippen LogP contribution is 2.40. The summed E-state index contributed by atoms with van der Waals surface area (Å²) in [5.74, 6) is -0.203. The number of aliphatic hydroxyl groups excluding tert-OH is 1. The van der Waals surface area contributed by atoms with Crippen LogP contribution in [-0.2, 0) is 13.0 Å². The molecule has 0 radical (unpaired) electrons. The highest BCUT2D eigenvalue weighted by Gasteiger charge is 2.31. The number of aliphatic hydroxyl groups is 1. The van der Waals surface area contributed by atoms with Gasteiger partial charge in [0.05, 0.1) is 30.0 Å². The van der Waals surface area contributed by atoms with E-state index < -0.39 is 17.7 Å². The number of nitrogen functional groups attached to an aromatic ring is 1. The Morgan fingerprint density at radius 1 is 1.15 bits per heavy atom. The molecule has 9 heteroatoms. The van der Waals surface area contributed by atoms with Crippen LogP contribution in [0.15, 0.2) is 48.5 Å². The van der Waals surface area contributed by atoms with Crippen molar-refractivity contribution in [3.8, 4) is 17.2 Å². The molecule has 6 nitrogen and oxygen atoms in total. The van der Waals surface area contributed by atoms with E-state index in [9.17, 15) is 13.9 Å². The van der Waals surface area contributed by atoms with Gasteiger partial charge in [-0.25, -0.2) is 13.8 Å². The number of anilines is 1. The maximum atomic E-state index is 13.5. The van der Waals surface area contributed by atoms with Crippen molar-refractivity contribution in [3.63, 3.8) is 0 Å². The molecule has 0 fully saturated rings. The molecule has 1 aliphatic rings. The zero-order valence-electron chi connectivity index (χ0n) is 18.3. The van der Waals surface area contributed by atoms with Gasteiger partial charge in [-0.2, -0.15) is 0 Å². The second-order valence-corrected chi connectivity index (χ2v) is 9.24. The van der Waals surface area contributed by atoms with Gasteiger partial charge >= 0.3 is 0 Å². The Labute approximate surface area is 198 Å². The van der Waals surface area contributed by atoms with Crippen LogP contribution in [0.2, 0.25) is 0 Å². The van der Waals surface area contributed by atoms with Crippen LogP contribution >= 0.6 is 11.3 Å². The van der Waals surface area contributed by atoms with Gasteiger partial charge in [-0.05, 0) is 54.4 Å². The van der Waals surface area contributed by atoms with Crippen molar-refractivity contribution >= 4 is 27.2 Å². The van der Waals surface area contributed by atoms with Crippen molar-refractivity contribution < 1.29 is 28.1 Å². The molecule has 0 aliphatic carbocycles. The quantitative estimate of drug-likeness (QED) is 0.374. The molecule has 3 N–H and O–H groups in total. The van der Waals surface area contributed by atoms with Crippen LogP contribution in [0, 0.1) is 17.6 Å². The molecule has 176 valence electrons. The lowest BCUT2D eigenvalue weighted by molar-refractivity contribution is 0.0502. The van der Waals surface area contributed by atoms with Gasteiger partial charge in [0.2, 0.25) is 0 Å². The summed E-state index contributed by atoms with van der Waals surface area (Å²) in [4.78, 5) is 4.31. The fourth-order valence-electron chi connectivity index (χ4n) is 4.11. The van der Waals surface area contributed by atoms with Gasteiger partial charge in [0, 0.05) is 23.2 Å². The Kier molecular flexibility index (Phi) is 5.97. The van der Waals surface area contributed by atoms with Gasteiger partial charge < -0.3 is 25.1 Å². The molecule has 0 saturated heterocycles. The molecule has 4 aromatic rings. The number of hydrogen-bond donors (Lipinski definition) is 2. The zero-order chi connectivity index (χ0) is 23.8. The normalized spacial score (nSPS) is 17.3. The van der Waals surface area contributed by atoms with Gasteiger partial charge in [0.1, 0.15) is 28.9 Å². The van der Waals surface area contributed by atoms with Gasteiger partial charge in [-0.3, -0.25) is 0 Å². The summed E-state index contributed by atoms with van der Waals surface area (Å²) in [6, 6.07) is 12.9. The second-order valence-electron chi connectivity index (χ2n) is 8.12. The third kappa shape index (κ3) is 4.36. The largest absolute Gasteiger partial charge is 0.496 e. The molecule has 1 aromatic heterocycles. The predicted molar refractivity (Wildman–Crippen MR) is 125 cm³/mol. The van der Waals surface area contributed by atoms with E-state index in [0.29, 0.717) is 56.8 Å².